The van der Waals surface area contributed by atoms with Gasteiger partial charge in [-0.1, -0.05) is 11.2 Å². The Morgan fingerprint density at radius 1 is 1.12 bits per heavy atom. The number of halogens is 5. The number of ketones is 1. The van der Waals surface area contributed by atoms with E-state index >= 15 is 0 Å². The monoisotopic (exact) mass is 480 g/mol. The number of para-hydroxylation sites is 1. The molecule has 1 aliphatic rings. The summed E-state index contributed by atoms with van der Waals surface area (Å²) in [7, 11) is 0. The molecule has 12 heteroatoms. The van der Waals surface area contributed by atoms with Crippen LogP contribution in [0.1, 0.15) is 41.1 Å². The normalized spacial score (nSPS) is 14.5. The molecule has 2 N–H and O–H groups in total. The molecule has 0 bridgehead atoms. The Morgan fingerprint density at radius 3 is 2.50 bits per heavy atom. The first kappa shape index (κ1) is 23.3. The molecule has 3 aromatic rings. The van der Waals surface area contributed by atoms with Crippen molar-refractivity contribution < 1.29 is 36.1 Å². The largest absolute Gasteiger partial charge is 0.418 e. The number of Topliss-reactive ketones (excluding diaryl/α,β-unsaturated/α-hetero) is 1. The van der Waals surface area contributed by atoms with Crippen LogP contribution in [0, 0.1) is 17.0 Å². The van der Waals surface area contributed by atoms with Crippen LogP contribution in [0.15, 0.2) is 47.2 Å². The van der Waals surface area contributed by atoms with Gasteiger partial charge in [-0.05, 0) is 25.0 Å². The van der Waals surface area contributed by atoms with E-state index in [1.165, 1.54) is 12.3 Å². The SMILES string of the molecule is O=C(CC1(C(=O)NCc2ncc(Nc3c(F)cccc3C(F)(F)F)cc2F)CC1)c1ccno1. The Labute approximate surface area is 189 Å². The van der Waals surface area contributed by atoms with Gasteiger partial charge >= 0.3 is 6.18 Å². The van der Waals surface area contributed by atoms with Gasteiger partial charge in [-0.3, -0.25) is 14.6 Å². The maximum absolute atomic E-state index is 14.5. The first-order valence-corrected chi connectivity index (χ1v) is 10.1. The van der Waals surface area contributed by atoms with Gasteiger partial charge in [0.15, 0.2) is 0 Å². The fourth-order valence-corrected chi connectivity index (χ4v) is 3.44. The Hall–Kier alpha value is -3.83. The molecule has 2 aromatic heterocycles. The topological polar surface area (TPSA) is 97.1 Å². The minimum atomic E-state index is -4.83. The van der Waals surface area contributed by atoms with Crippen molar-refractivity contribution >= 4 is 23.1 Å². The molecule has 1 aliphatic carbocycles. The Balaban J connectivity index is 1.41. The van der Waals surface area contributed by atoms with Crippen molar-refractivity contribution in [2.45, 2.75) is 32.0 Å². The minimum absolute atomic E-state index is 0.0402. The van der Waals surface area contributed by atoms with E-state index in [0.717, 1.165) is 24.4 Å². The molecule has 0 saturated heterocycles. The molecule has 0 atom stereocenters. The fourth-order valence-electron chi connectivity index (χ4n) is 3.44. The highest BCUT2D eigenvalue weighted by molar-refractivity contribution is 5.98. The third-order valence-electron chi connectivity index (χ3n) is 5.47. The smallest absolute Gasteiger partial charge is 0.353 e. The van der Waals surface area contributed by atoms with Crippen LogP contribution in [0.2, 0.25) is 0 Å². The average Bonchev–Trinajstić information content (AvgIpc) is 3.34. The fraction of sp³-hybridized carbons (Fsp3) is 0.273. The van der Waals surface area contributed by atoms with Gasteiger partial charge in [0.1, 0.15) is 11.6 Å². The number of hydrogen-bond donors (Lipinski definition) is 2. The molecule has 0 spiro atoms. The van der Waals surface area contributed by atoms with Gasteiger partial charge in [-0.15, -0.1) is 0 Å². The lowest BCUT2D eigenvalue weighted by atomic mass is 9.97. The van der Waals surface area contributed by atoms with Crippen LogP contribution < -0.4 is 10.6 Å². The van der Waals surface area contributed by atoms with Crippen LogP contribution in [0.25, 0.3) is 0 Å². The molecule has 34 heavy (non-hydrogen) atoms. The molecule has 1 fully saturated rings. The first-order chi connectivity index (χ1) is 16.1. The number of pyridine rings is 1. The van der Waals surface area contributed by atoms with Crippen molar-refractivity contribution in [3.63, 3.8) is 0 Å². The summed E-state index contributed by atoms with van der Waals surface area (Å²) in [6, 6.07) is 4.69. The maximum Gasteiger partial charge on any atom is 0.418 e. The van der Waals surface area contributed by atoms with Crippen molar-refractivity contribution in [2.24, 2.45) is 5.41 Å². The second kappa shape index (κ2) is 8.84. The van der Waals surface area contributed by atoms with Gasteiger partial charge in [0.25, 0.3) is 0 Å². The summed E-state index contributed by atoms with van der Waals surface area (Å²) in [4.78, 5) is 28.6. The van der Waals surface area contributed by atoms with E-state index in [4.69, 9.17) is 4.52 Å². The highest BCUT2D eigenvalue weighted by atomic mass is 19.4. The Kier molecular flexibility index (Phi) is 6.07. The lowest BCUT2D eigenvalue weighted by Gasteiger charge is -2.16. The predicted molar refractivity (Wildman–Crippen MR) is 108 cm³/mol. The zero-order valence-electron chi connectivity index (χ0n) is 17.4. The molecule has 2 heterocycles. The van der Waals surface area contributed by atoms with E-state index < -0.39 is 40.4 Å². The van der Waals surface area contributed by atoms with Gasteiger partial charge in [0, 0.05) is 18.6 Å². The molecule has 1 saturated carbocycles. The van der Waals surface area contributed by atoms with Crippen LogP contribution in [0.3, 0.4) is 0 Å². The van der Waals surface area contributed by atoms with Crippen molar-refractivity contribution in [1.29, 1.82) is 0 Å². The van der Waals surface area contributed by atoms with Crippen LogP contribution in [0.5, 0.6) is 0 Å². The Bertz CT molecular complexity index is 1220. The molecule has 0 radical (unpaired) electrons. The quantitative estimate of drug-likeness (QED) is 0.356. The molecule has 178 valence electrons. The molecule has 1 aromatic carbocycles. The molecular formula is C22H17F5N4O3. The number of aromatic nitrogens is 2. The third-order valence-corrected chi connectivity index (χ3v) is 5.47. The van der Waals surface area contributed by atoms with E-state index in [1.807, 2.05) is 0 Å². The molecule has 7 nitrogen and oxygen atoms in total. The standard InChI is InChI=1S/C22H17F5N4O3/c23-14-3-1-2-13(22(25,26)27)19(14)31-12-8-15(24)16(28-10-12)11-29-20(33)21(5-6-21)9-17(32)18-4-7-30-34-18/h1-4,7-8,10,31H,5-6,9,11H2,(H,29,33). The number of anilines is 2. The second-order valence-corrected chi connectivity index (χ2v) is 7.88. The zero-order valence-corrected chi connectivity index (χ0v) is 17.4. The summed E-state index contributed by atoms with van der Waals surface area (Å²) in [6.07, 6.45) is -1.62. The van der Waals surface area contributed by atoms with Crippen LogP contribution in [-0.4, -0.2) is 21.8 Å². The second-order valence-electron chi connectivity index (χ2n) is 7.88. The number of hydrogen-bond acceptors (Lipinski definition) is 6. The van der Waals surface area contributed by atoms with Gasteiger partial charge in [-0.2, -0.15) is 13.2 Å². The summed E-state index contributed by atoms with van der Waals surface area (Å²) in [6.45, 7) is -0.309. The van der Waals surface area contributed by atoms with Gasteiger partial charge in [0.2, 0.25) is 17.5 Å². The average molecular weight is 480 g/mol. The first-order valence-electron chi connectivity index (χ1n) is 10.1. The summed E-state index contributed by atoms with van der Waals surface area (Å²) in [5.74, 6) is -2.88. The number of nitrogens with zero attached hydrogens (tertiary/aromatic N) is 2. The van der Waals surface area contributed by atoms with Crippen molar-refractivity contribution in [3.8, 4) is 0 Å². The Morgan fingerprint density at radius 2 is 1.88 bits per heavy atom. The van der Waals surface area contributed by atoms with Crippen LogP contribution >= 0.6 is 0 Å². The van der Waals surface area contributed by atoms with Crippen LogP contribution in [0.4, 0.5) is 33.3 Å². The molecule has 0 aliphatic heterocycles. The summed E-state index contributed by atoms with van der Waals surface area (Å²) in [5.41, 5.74) is -3.41. The highest BCUT2D eigenvalue weighted by Crippen LogP contribution is 2.49. The lowest BCUT2D eigenvalue weighted by Crippen LogP contribution is -2.33. The molecular weight excluding hydrogens is 463 g/mol. The summed E-state index contributed by atoms with van der Waals surface area (Å²) >= 11 is 0. The third kappa shape index (κ3) is 4.90. The maximum atomic E-state index is 14.5. The predicted octanol–water partition coefficient (Wildman–Crippen LogP) is 4.78. The van der Waals surface area contributed by atoms with E-state index in [0.29, 0.717) is 18.9 Å². The number of carbonyl (C=O) groups excluding carboxylic acids is 2. The van der Waals surface area contributed by atoms with Gasteiger partial charge in [0.05, 0.1) is 47.0 Å². The van der Waals surface area contributed by atoms with Crippen molar-refractivity contribution in [1.82, 2.24) is 15.5 Å². The molecule has 4 rings (SSSR count). The van der Waals surface area contributed by atoms with Gasteiger partial charge in [-0.25, -0.2) is 8.78 Å². The zero-order chi connectivity index (χ0) is 24.5. The number of carbonyl (C=O) groups is 2. The lowest BCUT2D eigenvalue weighted by molar-refractivity contribution is -0.137. The summed E-state index contributed by atoms with van der Waals surface area (Å²) < 4.78 is 72.7. The van der Waals surface area contributed by atoms with E-state index in [-0.39, 0.29) is 35.9 Å². The minimum Gasteiger partial charge on any atom is -0.353 e. The van der Waals surface area contributed by atoms with Crippen LogP contribution in [-0.2, 0) is 17.5 Å². The number of amides is 1. The number of benzene rings is 1. The number of rotatable bonds is 8. The molecule has 1 amide bonds. The van der Waals surface area contributed by atoms with Gasteiger partial charge < -0.3 is 15.2 Å². The highest BCUT2D eigenvalue weighted by Gasteiger charge is 2.51. The number of alkyl halides is 3. The number of nitrogens with one attached hydrogen (secondary N) is 2. The van der Waals surface area contributed by atoms with E-state index in [1.54, 1.807) is 0 Å². The molecule has 0 unspecified atom stereocenters. The van der Waals surface area contributed by atoms with E-state index in [2.05, 4.69) is 20.8 Å². The van der Waals surface area contributed by atoms with E-state index in [9.17, 15) is 31.5 Å². The van der Waals surface area contributed by atoms with Crippen molar-refractivity contribution in [2.75, 3.05) is 5.32 Å². The summed E-state index contributed by atoms with van der Waals surface area (Å²) in [5, 5.41) is 8.20. The van der Waals surface area contributed by atoms with Crippen molar-refractivity contribution in [3.05, 3.63) is 71.4 Å².